The Morgan fingerprint density at radius 3 is 2.80 bits per heavy atom. The molecule has 5 rings (SSSR count). The molecular weight excluding hydrogens is 404 g/mol. The molecule has 30 heavy (non-hydrogen) atoms. The van der Waals surface area contributed by atoms with Crippen LogP contribution in [-0.4, -0.2) is 45.1 Å². The molecule has 0 saturated carbocycles. The number of piperidine rings is 1. The third kappa shape index (κ3) is 3.64. The van der Waals surface area contributed by atoms with E-state index in [1.807, 2.05) is 47.0 Å². The fourth-order valence-corrected chi connectivity index (χ4v) is 4.53. The highest BCUT2D eigenvalue weighted by Gasteiger charge is 2.37. The molecule has 2 aliphatic heterocycles. The van der Waals surface area contributed by atoms with Crippen molar-refractivity contribution in [1.82, 2.24) is 30.2 Å². The van der Waals surface area contributed by atoms with Gasteiger partial charge in [-0.3, -0.25) is 9.59 Å². The number of aromatic nitrogens is 4. The normalized spacial score (nSPS) is 21.9. The van der Waals surface area contributed by atoms with Crippen LogP contribution >= 0.6 is 12.4 Å². The van der Waals surface area contributed by atoms with Gasteiger partial charge in [0.1, 0.15) is 0 Å². The van der Waals surface area contributed by atoms with Crippen LogP contribution in [0, 0.1) is 5.92 Å². The number of carbonyl (C=O) groups excluding carboxylic acids is 1. The van der Waals surface area contributed by atoms with Crippen molar-refractivity contribution in [3.8, 4) is 5.69 Å². The molecule has 1 saturated heterocycles. The van der Waals surface area contributed by atoms with Crippen molar-refractivity contribution in [3.05, 3.63) is 76.5 Å². The summed E-state index contributed by atoms with van der Waals surface area (Å²) < 4.78 is 3.45. The molecule has 0 spiro atoms. The van der Waals surface area contributed by atoms with Gasteiger partial charge in [0, 0.05) is 37.3 Å². The number of para-hydroxylation sites is 1. The van der Waals surface area contributed by atoms with Crippen LogP contribution in [0.4, 0.5) is 0 Å². The highest BCUT2D eigenvalue weighted by Crippen LogP contribution is 2.38. The van der Waals surface area contributed by atoms with Gasteiger partial charge in [0.15, 0.2) is 5.69 Å². The van der Waals surface area contributed by atoms with Crippen LogP contribution in [0.25, 0.3) is 5.69 Å². The molecule has 156 valence electrons. The molecule has 1 fully saturated rings. The van der Waals surface area contributed by atoms with Crippen LogP contribution in [0.15, 0.2) is 59.5 Å². The van der Waals surface area contributed by atoms with Crippen molar-refractivity contribution >= 4 is 18.3 Å². The number of carbonyl (C=O) groups is 1. The fourth-order valence-electron chi connectivity index (χ4n) is 4.53. The van der Waals surface area contributed by atoms with Crippen LogP contribution < -0.4 is 16.2 Å². The van der Waals surface area contributed by atoms with Crippen molar-refractivity contribution < 1.29 is 4.79 Å². The predicted octanol–water partition coefficient (Wildman–Crippen LogP) is 1.53. The first-order valence-electron chi connectivity index (χ1n) is 9.89. The minimum Gasteiger partial charge on any atom is -0.348 e. The van der Waals surface area contributed by atoms with Gasteiger partial charge >= 0.3 is 0 Å². The standard InChI is InChI=1S/C21H22N6O2.ClH/c28-20-8-4-7-18-14-9-15(11-22-10-14)19(27(18)20)12-23-21(29)17-13-26(25-24-17)16-5-2-1-3-6-16;/h1-8,13-15,19,22H,9-12H2,(H,23,29);1H/t14-,15+,19+;/m1./s1. The van der Waals surface area contributed by atoms with Crippen LogP contribution in [0.2, 0.25) is 0 Å². The maximum atomic E-state index is 12.7. The van der Waals surface area contributed by atoms with Gasteiger partial charge in [-0.15, -0.1) is 17.5 Å². The quantitative estimate of drug-likeness (QED) is 0.659. The monoisotopic (exact) mass is 426 g/mol. The molecule has 8 nitrogen and oxygen atoms in total. The number of fused-ring (bicyclic) bond motifs is 4. The molecule has 1 amide bonds. The first-order chi connectivity index (χ1) is 14.2. The summed E-state index contributed by atoms with van der Waals surface area (Å²) in [6, 6.07) is 14.9. The Balaban J connectivity index is 0.00000218. The van der Waals surface area contributed by atoms with Crippen molar-refractivity contribution in [2.75, 3.05) is 19.6 Å². The Hall–Kier alpha value is -2.97. The van der Waals surface area contributed by atoms with Crippen molar-refractivity contribution in [3.63, 3.8) is 0 Å². The lowest BCUT2D eigenvalue weighted by molar-refractivity contribution is 0.0927. The molecule has 4 heterocycles. The minimum absolute atomic E-state index is 0. The predicted molar refractivity (Wildman–Crippen MR) is 114 cm³/mol. The lowest BCUT2D eigenvalue weighted by Crippen LogP contribution is -2.50. The first-order valence-corrected chi connectivity index (χ1v) is 9.89. The van der Waals surface area contributed by atoms with E-state index in [1.165, 1.54) is 0 Å². The largest absolute Gasteiger partial charge is 0.348 e. The first kappa shape index (κ1) is 20.3. The van der Waals surface area contributed by atoms with Crippen LogP contribution in [0.5, 0.6) is 0 Å². The van der Waals surface area contributed by atoms with Gasteiger partial charge in [-0.2, -0.15) is 0 Å². The van der Waals surface area contributed by atoms with E-state index in [0.29, 0.717) is 18.4 Å². The third-order valence-corrected chi connectivity index (χ3v) is 5.92. The highest BCUT2D eigenvalue weighted by molar-refractivity contribution is 5.91. The number of nitrogens with one attached hydrogen (secondary N) is 2. The summed E-state index contributed by atoms with van der Waals surface area (Å²) in [5.41, 5.74) is 2.14. The van der Waals surface area contributed by atoms with E-state index in [9.17, 15) is 9.59 Å². The summed E-state index contributed by atoms with van der Waals surface area (Å²) in [4.78, 5) is 25.3. The summed E-state index contributed by atoms with van der Waals surface area (Å²) >= 11 is 0. The lowest BCUT2D eigenvalue weighted by Gasteiger charge is -2.43. The minimum atomic E-state index is -0.288. The Bertz CT molecular complexity index is 1100. The lowest BCUT2D eigenvalue weighted by atomic mass is 9.79. The molecular formula is C21H23ClN6O2. The van der Waals surface area contributed by atoms with E-state index in [-0.39, 0.29) is 35.6 Å². The molecule has 0 aliphatic carbocycles. The smallest absolute Gasteiger partial charge is 0.273 e. The molecule has 2 N–H and O–H groups in total. The van der Waals surface area contributed by atoms with Crippen LogP contribution in [-0.2, 0) is 0 Å². The van der Waals surface area contributed by atoms with Gasteiger partial charge in [-0.05, 0) is 30.5 Å². The summed E-state index contributed by atoms with van der Waals surface area (Å²) in [5.74, 6) is 0.366. The van der Waals surface area contributed by atoms with E-state index in [2.05, 4.69) is 20.9 Å². The summed E-state index contributed by atoms with van der Waals surface area (Å²) in [5, 5.41) is 14.5. The molecule has 3 atom stereocenters. The molecule has 0 unspecified atom stereocenters. The number of pyridine rings is 1. The van der Waals surface area contributed by atoms with Gasteiger partial charge < -0.3 is 15.2 Å². The Morgan fingerprint density at radius 2 is 1.97 bits per heavy atom. The number of halogens is 1. The number of amides is 1. The van der Waals surface area contributed by atoms with Gasteiger partial charge in [-0.1, -0.05) is 29.5 Å². The SMILES string of the molecule is Cl.O=C(NC[C@H]1[C@@H]2CNC[C@@H](C2)c2cccc(=O)n21)c1cn(-c2ccccc2)nn1. The number of nitrogens with zero attached hydrogens (tertiary/aromatic N) is 4. The second-order valence-corrected chi connectivity index (χ2v) is 7.67. The van der Waals surface area contributed by atoms with E-state index in [1.54, 1.807) is 16.9 Å². The zero-order chi connectivity index (χ0) is 19.8. The highest BCUT2D eigenvalue weighted by atomic mass is 35.5. The molecule has 2 aromatic heterocycles. The third-order valence-electron chi connectivity index (χ3n) is 5.92. The summed E-state index contributed by atoms with van der Waals surface area (Å²) in [6.07, 6.45) is 2.64. The van der Waals surface area contributed by atoms with Gasteiger partial charge in [-0.25, -0.2) is 4.68 Å². The summed E-state index contributed by atoms with van der Waals surface area (Å²) in [6.45, 7) is 2.12. The number of hydrogen-bond acceptors (Lipinski definition) is 5. The van der Waals surface area contributed by atoms with E-state index >= 15 is 0 Å². The average molecular weight is 427 g/mol. The van der Waals surface area contributed by atoms with Crippen molar-refractivity contribution in [1.29, 1.82) is 0 Å². The van der Waals surface area contributed by atoms with Gasteiger partial charge in [0.05, 0.1) is 17.9 Å². The molecule has 0 radical (unpaired) electrons. The molecule has 9 heteroatoms. The van der Waals surface area contributed by atoms with Crippen molar-refractivity contribution in [2.45, 2.75) is 18.4 Å². The second-order valence-electron chi connectivity index (χ2n) is 7.67. The number of benzene rings is 1. The second kappa shape index (κ2) is 8.41. The molecule has 2 aliphatic rings. The van der Waals surface area contributed by atoms with E-state index in [4.69, 9.17) is 0 Å². The Morgan fingerprint density at radius 1 is 1.13 bits per heavy atom. The topological polar surface area (TPSA) is 93.8 Å². The maximum Gasteiger partial charge on any atom is 0.273 e. The zero-order valence-corrected chi connectivity index (χ0v) is 17.1. The maximum absolute atomic E-state index is 12.7. The van der Waals surface area contributed by atoms with Crippen molar-refractivity contribution in [2.24, 2.45) is 5.92 Å². The van der Waals surface area contributed by atoms with Crippen LogP contribution in [0.1, 0.15) is 34.6 Å². The van der Waals surface area contributed by atoms with E-state index < -0.39 is 0 Å². The molecule has 2 bridgehead atoms. The Labute approximate surface area is 179 Å². The van der Waals surface area contributed by atoms with E-state index in [0.717, 1.165) is 30.9 Å². The molecule has 1 aromatic carbocycles. The Kier molecular flexibility index (Phi) is 5.69. The fraction of sp³-hybridized carbons (Fsp3) is 0.333. The van der Waals surface area contributed by atoms with Crippen LogP contribution in [0.3, 0.4) is 0 Å². The molecule has 3 aromatic rings. The number of rotatable bonds is 4. The van der Waals surface area contributed by atoms with Gasteiger partial charge in [0.25, 0.3) is 11.5 Å². The zero-order valence-electron chi connectivity index (χ0n) is 16.3. The summed E-state index contributed by atoms with van der Waals surface area (Å²) in [7, 11) is 0. The van der Waals surface area contributed by atoms with Gasteiger partial charge in [0.2, 0.25) is 0 Å². The number of hydrogen-bond donors (Lipinski definition) is 2. The average Bonchev–Trinajstić information content (AvgIpc) is 3.25.